The van der Waals surface area contributed by atoms with Gasteiger partial charge in [-0.25, -0.2) is 8.78 Å². The van der Waals surface area contributed by atoms with Crippen LogP contribution in [0.5, 0.6) is 0 Å². The SMILES string of the molecule is Cc1nnc2n1-c1c(cc(F)c(-c3cccc4c3NCC43CC3)c1F)NC2(C)C. The van der Waals surface area contributed by atoms with Crippen molar-refractivity contribution in [3.05, 3.63) is 53.1 Å². The lowest BCUT2D eigenvalue weighted by Gasteiger charge is -2.34. The fraction of sp³-hybridized carbons (Fsp3) is 0.364. The molecule has 3 aromatic rings. The van der Waals surface area contributed by atoms with Gasteiger partial charge in [0.05, 0.1) is 16.8 Å². The maximum Gasteiger partial charge on any atom is 0.162 e. The molecule has 2 aromatic carbocycles. The smallest absolute Gasteiger partial charge is 0.162 e. The van der Waals surface area contributed by atoms with E-state index in [2.05, 4.69) is 26.9 Å². The van der Waals surface area contributed by atoms with Gasteiger partial charge in [0.1, 0.15) is 17.3 Å². The summed E-state index contributed by atoms with van der Waals surface area (Å²) in [7, 11) is 0. The topological polar surface area (TPSA) is 54.8 Å². The number of anilines is 2. The third-order valence-electron chi connectivity index (χ3n) is 6.61. The second-order valence-electron chi connectivity index (χ2n) is 8.96. The molecule has 0 bridgehead atoms. The summed E-state index contributed by atoms with van der Waals surface area (Å²) in [6, 6.07) is 7.16. The first kappa shape index (κ1) is 16.9. The van der Waals surface area contributed by atoms with Crippen molar-refractivity contribution in [3.8, 4) is 16.8 Å². The zero-order chi connectivity index (χ0) is 20.1. The second-order valence-corrected chi connectivity index (χ2v) is 8.96. The van der Waals surface area contributed by atoms with Gasteiger partial charge in [-0.2, -0.15) is 0 Å². The van der Waals surface area contributed by atoms with Crippen LogP contribution in [-0.4, -0.2) is 21.3 Å². The molecule has 3 aliphatic rings. The molecule has 29 heavy (non-hydrogen) atoms. The van der Waals surface area contributed by atoms with E-state index < -0.39 is 17.2 Å². The first-order valence-electron chi connectivity index (χ1n) is 9.93. The minimum absolute atomic E-state index is 0.00800. The van der Waals surface area contributed by atoms with Gasteiger partial charge in [0.25, 0.3) is 0 Å². The zero-order valence-corrected chi connectivity index (χ0v) is 16.5. The monoisotopic (exact) mass is 393 g/mol. The summed E-state index contributed by atoms with van der Waals surface area (Å²) in [5.74, 6) is -0.00212. The van der Waals surface area contributed by atoms with Crippen LogP contribution < -0.4 is 10.6 Å². The van der Waals surface area contributed by atoms with E-state index in [9.17, 15) is 0 Å². The molecule has 0 atom stereocenters. The Hall–Kier alpha value is -2.96. The van der Waals surface area contributed by atoms with Crippen LogP contribution in [-0.2, 0) is 11.0 Å². The number of nitrogens with zero attached hydrogens (tertiary/aromatic N) is 3. The highest BCUT2D eigenvalue weighted by atomic mass is 19.1. The average molecular weight is 393 g/mol. The average Bonchev–Trinajstić information content (AvgIpc) is 3.20. The fourth-order valence-corrected chi connectivity index (χ4v) is 4.94. The van der Waals surface area contributed by atoms with Crippen LogP contribution in [0.2, 0.25) is 0 Å². The Bertz CT molecular complexity index is 1210. The van der Waals surface area contributed by atoms with E-state index in [0.717, 1.165) is 25.1 Å². The molecule has 0 unspecified atom stereocenters. The molecule has 1 fully saturated rings. The van der Waals surface area contributed by atoms with Crippen molar-refractivity contribution >= 4 is 11.4 Å². The number of para-hydroxylation sites is 1. The highest BCUT2D eigenvalue weighted by Gasteiger charge is 2.49. The highest BCUT2D eigenvalue weighted by molar-refractivity contribution is 5.87. The summed E-state index contributed by atoms with van der Waals surface area (Å²) >= 11 is 0. The molecule has 0 radical (unpaired) electrons. The number of fused-ring (bicyclic) bond motifs is 5. The molecule has 0 saturated heterocycles. The molecule has 0 amide bonds. The van der Waals surface area contributed by atoms with Crippen LogP contribution in [0.15, 0.2) is 24.3 Å². The fourth-order valence-electron chi connectivity index (χ4n) is 4.94. The van der Waals surface area contributed by atoms with Crippen LogP contribution in [0, 0.1) is 18.6 Å². The first-order chi connectivity index (χ1) is 13.8. The summed E-state index contributed by atoms with van der Waals surface area (Å²) in [4.78, 5) is 0. The van der Waals surface area contributed by atoms with Crippen molar-refractivity contribution < 1.29 is 8.78 Å². The normalized spacial score (nSPS) is 19.2. The van der Waals surface area contributed by atoms with E-state index in [1.54, 1.807) is 17.6 Å². The maximum absolute atomic E-state index is 16.0. The number of halogens is 2. The lowest BCUT2D eigenvalue weighted by molar-refractivity contribution is 0.517. The van der Waals surface area contributed by atoms with E-state index >= 15 is 8.78 Å². The molecule has 148 valence electrons. The molecule has 3 heterocycles. The van der Waals surface area contributed by atoms with Gasteiger partial charge in [-0.3, -0.25) is 4.57 Å². The molecule has 2 aliphatic heterocycles. The van der Waals surface area contributed by atoms with Crippen LogP contribution in [0.1, 0.15) is 43.9 Å². The summed E-state index contributed by atoms with van der Waals surface area (Å²) in [6.07, 6.45) is 2.24. The predicted octanol–water partition coefficient (Wildman–Crippen LogP) is 4.64. The van der Waals surface area contributed by atoms with Gasteiger partial charge in [0.15, 0.2) is 11.6 Å². The Kier molecular flexibility index (Phi) is 3.01. The summed E-state index contributed by atoms with van der Waals surface area (Å²) < 4.78 is 33.0. The van der Waals surface area contributed by atoms with Crippen molar-refractivity contribution in [1.29, 1.82) is 0 Å². The first-order valence-corrected chi connectivity index (χ1v) is 9.93. The van der Waals surface area contributed by atoms with Crippen molar-refractivity contribution in [2.24, 2.45) is 0 Å². The Labute approximate surface area is 167 Å². The summed E-state index contributed by atoms with van der Waals surface area (Å²) in [5, 5.41) is 15.0. The number of nitrogens with one attached hydrogen (secondary N) is 2. The summed E-state index contributed by atoms with van der Waals surface area (Å²) in [5.41, 5.74) is 2.82. The van der Waals surface area contributed by atoms with Gasteiger partial charge >= 0.3 is 0 Å². The van der Waals surface area contributed by atoms with Gasteiger partial charge in [0, 0.05) is 29.3 Å². The Balaban J connectivity index is 1.63. The van der Waals surface area contributed by atoms with Crippen LogP contribution >= 0.6 is 0 Å². The quantitative estimate of drug-likeness (QED) is 0.633. The number of hydrogen-bond donors (Lipinski definition) is 2. The Morgan fingerprint density at radius 2 is 1.93 bits per heavy atom. The van der Waals surface area contributed by atoms with Crippen molar-refractivity contribution in [3.63, 3.8) is 0 Å². The number of hydrogen-bond acceptors (Lipinski definition) is 4. The van der Waals surface area contributed by atoms with Gasteiger partial charge in [-0.05, 0) is 39.2 Å². The van der Waals surface area contributed by atoms with E-state index in [-0.39, 0.29) is 16.7 Å². The molecule has 2 N–H and O–H groups in total. The molecular formula is C22H21F2N5. The van der Waals surface area contributed by atoms with Gasteiger partial charge in [0.2, 0.25) is 0 Å². The molecule has 1 aliphatic carbocycles. The molecule has 1 aromatic heterocycles. The number of aryl methyl sites for hydroxylation is 1. The lowest BCUT2D eigenvalue weighted by Crippen LogP contribution is -2.36. The van der Waals surface area contributed by atoms with Crippen molar-refractivity contribution in [2.75, 3.05) is 17.2 Å². The molecule has 5 nitrogen and oxygen atoms in total. The molecule has 6 rings (SSSR count). The molecular weight excluding hydrogens is 372 g/mol. The van der Waals surface area contributed by atoms with E-state index in [4.69, 9.17) is 0 Å². The Morgan fingerprint density at radius 1 is 1.14 bits per heavy atom. The third kappa shape index (κ3) is 2.07. The Morgan fingerprint density at radius 3 is 2.69 bits per heavy atom. The largest absolute Gasteiger partial charge is 0.383 e. The molecule has 1 saturated carbocycles. The highest BCUT2D eigenvalue weighted by Crippen LogP contribution is 2.56. The van der Waals surface area contributed by atoms with Gasteiger partial charge in [-0.1, -0.05) is 18.2 Å². The minimum atomic E-state index is -0.598. The number of aromatic nitrogens is 3. The van der Waals surface area contributed by atoms with E-state index in [1.807, 2.05) is 19.9 Å². The maximum atomic E-state index is 16.0. The number of benzene rings is 2. The van der Waals surface area contributed by atoms with Crippen LogP contribution in [0.4, 0.5) is 20.2 Å². The zero-order valence-electron chi connectivity index (χ0n) is 16.5. The van der Waals surface area contributed by atoms with Crippen molar-refractivity contribution in [2.45, 2.75) is 44.6 Å². The lowest BCUT2D eigenvalue weighted by atomic mass is 9.92. The summed E-state index contributed by atoms with van der Waals surface area (Å²) in [6.45, 7) is 6.45. The molecule has 7 heteroatoms. The third-order valence-corrected chi connectivity index (χ3v) is 6.61. The van der Waals surface area contributed by atoms with Crippen LogP contribution in [0.3, 0.4) is 0 Å². The molecule has 1 spiro atoms. The van der Waals surface area contributed by atoms with Crippen molar-refractivity contribution in [1.82, 2.24) is 14.8 Å². The number of rotatable bonds is 1. The predicted molar refractivity (Wildman–Crippen MR) is 107 cm³/mol. The minimum Gasteiger partial charge on any atom is -0.383 e. The van der Waals surface area contributed by atoms with E-state index in [0.29, 0.717) is 22.9 Å². The standard InChI is InChI=1S/C22H21F2N5/c1-11-27-28-20-21(2,3)26-15-9-14(23)16(17(24)19(15)29(11)20)12-5-4-6-13-18(12)25-10-22(13)7-8-22/h4-6,9,25-26H,7-8,10H2,1-3H3. The van der Waals surface area contributed by atoms with Gasteiger partial charge in [-0.15, -0.1) is 10.2 Å². The van der Waals surface area contributed by atoms with Crippen LogP contribution in [0.25, 0.3) is 16.8 Å². The van der Waals surface area contributed by atoms with E-state index in [1.165, 1.54) is 11.6 Å². The second kappa shape index (κ2) is 5.14. The van der Waals surface area contributed by atoms with Gasteiger partial charge < -0.3 is 10.6 Å².